The Kier molecular flexibility index (Phi) is 3.14. The van der Waals surface area contributed by atoms with Crippen LogP contribution in [0.5, 0.6) is 0 Å². The molecule has 0 spiro atoms. The lowest BCUT2D eigenvalue weighted by atomic mass is 10.1. The minimum atomic E-state index is -0.430. The molecule has 4 nitrogen and oxygen atoms in total. The summed E-state index contributed by atoms with van der Waals surface area (Å²) in [7, 11) is 1.33. The summed E-state index contributed by atoms with van der Waals surface area (Å²) in [5.74, 6) is 0.169. The van der Waals surface area contributed by atoms with Gasteiger partial charge in [-0.15, -0.1) is 0 Å². The summed E-state index contributed by atoms with van der Waals surface area (Å²) in [6.07, 6.45) is 2.94. The van der Waals surface area contributed by atoms with Crippen LogP contribution in [-0.4, -0.2) is 23.0 Å². The summed E-state index contributed by atoms with van der Waals surface area (Å²) < 4.78 is 4.58. The number of carbonyl (C=O) groups excluding carboxylic acids is 1. The second kappa shape index (κ2) is 4.74. The minimum absolute atomic E-state index is 0.351. The van der Waals surface area contributed by atoms with E-state index in [1.807, 2.05) is 31.2 Å². The maximum Gasteiger partial charge on any atom is 0.341 e. The van der Waals surface area contributed by atoms with E-state index in [0.29, 0.717) is 11.4 Å². The molecule has 0 atom stereocenters. The van der Waals surface area contributed by atoms with Gasteiger partial charge in [-0.2, -0.15) is 0 Å². The van der Waals surface area contributed by atoms with Gasteiger partial charge >= 0.3 is 5.97 Å². The average Bonchev–Trinajstić information content (AvgIpc) is 2.38. The number of esters is 1. The summed E-state index contributed by atoms with van der Waals surface area (Å²) in [5.41, 5.74) is 2.42. The van der Waals surface area contributed by atoms with Crippen molar-refractivity contribution >= 4 is 5.97 Å². The molecule has 0 bridgehead atoms. The van der Waals surface area contributed by atoms with Gasteiger partial charge in [0, 0.05) is 18.0 Å². The Bertz CT molecular complexity index is 535. The molecule has 0 radical (unpaired) electrons. The Hall–Kier alpha value is -2.23. The van der Waals surface area contributed by atoms with Crippen LogP contribution in [-0.2, 0) is 4.74 Å². The van der Waals surface area contributed by atoms with Crippen molar-refractivity contribution in [2.24, 2.45) is 0 Å². The predicted octanol–water partition coefficient (Wildman–Crippen LogP) is 2.24. The van der Waals surface area contributed by atoms with E-state index in [9.17, 15) is 4.79 Å². The fraction of sp³-hybridized carbons (Fsp3) is 0.154. The van der Waals surface area contributed by atoms with Crippen molar-refractivity contribution in [1.82, 2.24) is 9.97 Å². The van der Waals surface area contributed by atoms with Crippen molar-refractivity contribution in [1.29, 1.82) is 0 Å². The number of carbonyl (C=O) groups is 1. The predicted molar refractivity (Wildman–Crippen MR) is 63.5 cm³/mol. The van der Waals surface area contributed by atoms with Crippen LogP contribution in [0.15, 0.2) is 36.7 Å². The molecule has 0 saturated carbocycles. The molecule has 0 fully saturated rings. The Morgan fingerprint density at radius 2 is 1.94 bits per heavy atom. The van der Waals surface area contributed by atoms with Crippen LogP contribution in [0.25, 0.3) is 11.4 Å². The molecule has 0 unspecified atom stereocenters. The quantitative estimate of drug-likeness (QED) is 0.740. The third-order valence-electron chi connectivity index (χ3n) is 2.35. The lowest BCUT2D eigenvalue weighted by Crippen LogP contribution is -2.03. The normalized spacial score (nSPS) is 10.0. The van der Waals surface area contributed by atoms with Gasteiger partial charge in [0.25, 0.3) is 0 Å². The van der Waals surface area contributed by atoms with Gasteiger partial charge in [0.05, 0.1) is 12.7 Å². The number of rotatable bonds is 2. The van der Waals surface area contributed by atoms with Crippen LogP contribution in [0.1, 0.15) is 15.9 Å². The van der Waals surface area contributed by atoms with Gasteiger partial charge in [-0.1, -0.05) is 23.8 Å². The van der Waals surface area contributed by atoms with Crippen LogP contribution in [0.4, 0.5) is 0 Å². The number of aromatic nitrogens is 2. The third-order valence-corrected chi connectivity index (χ3v) is 2.35. The summed E-state index contributed by atoms with van der Waals surface area (Å²) >= 11 is 0. The first-order chi connectivity index (χ1) is 8.20. The highest BCUT2D eigenvalue weighted by Gasteiger charge is 2.07. The van der Waals surface area contributed by atoms with E-state index in [1.165, 1.54) is 19.5 Å². The molecule has 1 aromatic heterocycles. The van der Waals surface area contributed by atoms with Crippen LogP contribution in [0, 0.1) is 6.92 Å². The molecule has 4 heteroatoms. The minimum Gasteiger partial charge on any atom is -0.465 e. The number of ether oxygens (including phenoxy) is 1. The van der Waals surface area contributed by atoms with Gasteiger partial charge in [0.1, 0.15) is 0 Å². The lowest BCUT2D eigenvalue weighted by molar-refractivity contribution is 0.0600. The molecule has 0 aliphatic rings. The Labute approximate surface area is 99.3 Å². The standard InChI is InChI=1S/C13H12N2O2/c1-9-4-3-5-10(6-9)12-14-7-11(8-15-12)13(16)17-2/h3-8H,1-2H3. The number of aryl methyl sites for hydroxylation is 1. The van der Waals surface area contributed by atoms with E-state index in [0.717, 1.165) is 11.1 Å². The zero-order chi connectivity index (χ0) is 12.3. The van der Waals surface area contributed by atoms with Gasteiger partial charge in [-0.05, 0) is 13.0 Å². The Morgan fingerprint density at radius 1 is 1.24 bits per heavy atom. The van der Waals surface area contributed by atoms with Gasteiger partial charge in [-0.25, -0.2) is 14.8 Å². The molecule has 2 aromatic rings. The molecule has 0 amide bonds. The molecular weight excluding hydrogens is 216 g/mol. The zero-order valence-corrected chi connectivity index (χ0v) is 9.68. The van der Waals surface area contributed by atoms with Crippen molar-refractivity contribution in [3.05, 3.63) is 47.8 Å². The van der Waals surface area contributed by atoms with Crippen LogP contribution < -0.4 is 0 Å². The summed E-state index contributed by atoms with van der Waals surface area (Å²) in [4.78, 5) is 19.5. The molecule has 1 aromatic carbocycles. The summed E-state index contributed by atoms with van der Waals surface area (Å²) in [6, 6.07) is 7.88. The highest BCUT2D eigenvalue weighted by molar-refractivity contribution is 5.88. The average molecular weight is 228 g/mol. The fourth-order valence-corrected chi connectivity index (χ4v) is 1.48. The van der Waals surface area contributed by atoms with Crippen molar-refractivity contribution < 1.29 is 9.53 Å². The third kappa shape index (κ3) is 2.47. The van der Waals surface area contributed by atoms with Gasteiger partial charge in [0.15, 0.2) is 5.82 Å². The van der Waals surface area contributed by atoms with Crippen molar-refractivity contribution in [2.75, 3.05) is 7.11 Å². The zero-order valence-electron chi connectivity index (χ0n) is 9.68. The number of benzene rings is 1. The van der Waals surface area contributed by atoms with Gasteiger partial charge < -0.3 is 4.74 Å². The van der Waals surface area contributed by atoms with E-state index in [-0.39, 0.29) is 0 Å². The second-order valence-corrected chi connectivity index (χ2v) is 3.66. The number of methoxy groups -OCH3 is 1. The number of hydrogen-bond acceptors (Lipinski definition) is 4. The fourth-order valence-electron chi connectivity index (χ4n) is 1.48. The smallest absolute Gasteiger partial charge is 0.341 e. The van der Waals surface area contributed by atoms with Gasteiger partial charge in [-0.3, -0.25) is 0 Å². The molecule has 86 valence electrons. The molecule has 17 heavy (non-hydrogen) atoms. The second-order valence-electron chi connectivity index (χ2n) is 3.66. The molecule has 0 N–H and O–H groups in total. The van der Waals surface area contributed by atoms with E-state index in [4.69, 9.17) is 0 Å². The topological polar surface area (TPSA) is 52.1 Å². The van der Waals surface area contributed by atoms with E-state index < -0.39 is 5.97 Å². The van der Waals surface area contributed by atoms with E-state index in [2.05, 4.69) is 14.7 Å². The summed E-state index contributed by atoms with van der Waals surface area (Å²) in [6.45, 7) is 2.01. The van der Waals surface area contributed by atoms with Crippen LogP contribution in [0.2, 0.25) is 0 Å². The van der Waals surface area contributed by atoms with Crippen molar-refractivity contribution in [3.63, 3.8) is 0 Å². The van der Waals surface area contributed by atoms with Crippen LogP contribution in [0.3, 0.4) is 0 Å². The first-order valence-corrected chi connectivity index (χ1v) is 5.18. The molecule has 0 aliphatic heterocycles. The maximum atomic E-state index is 11.2. The van der Waals surface area contributed by atoms with Gasteiger partial charge in [0.2, 0.25) is 0 Å². The number of nitrogens with zero attached hydrogens (tertiary/aromatic N) is 2. The first kappa shape index (κ1) is 11.3. The summed E-state index contributed by atoms with van der Waals surface area (Å²) in [5, 5.41) is 0. The lowest BCUT2D eigenvalue weighted by Gasteiger charge is -2.02. The van der Waals surface area contributed by atoms with E-state index in [1.54, 1.807) is 0 Å². The number of hydrogen-bond donors (Lipinski definition) is 0. The first-order valence-electron chi connectivity index (χ1n) is 5.18. The Morgan fingerprint density at radius 3 is 2.53 bits per heavy atom. The van der Waals surface area contributed by atoms with Crippen molar-refractivity contribution in [3.8, 4) is 11.4 Å². The van der Waals surface area contributed by atoms with Crippen molar-refractivity contribution in [2.45, 2.75) is 6.92 Å². The molecule has 1 heterocycles. The highest BCUT2D eigenvalue weighted by atomic mass is 16.5. The monoisotopic (exact) mass is 228 g/mol. The molecular formula is C13H12N2O2. The molecule has 0 saturated heterocycles. The molecule has 0 aliphatic carbocycles. The van der Waals surface area contributed by atoms with Crippen LogP contribution >= 0.6 is 0 Å². The Balaban J connectivity index is 2.32. The highest BCUT2D eigenvalue weighted by Crippen LogP contribution is 2.15. The largest absolute Gasteiger partial charge is 0.465 e. The maximum absolute atomic E-state index is 11.2. The van der Waals surface area contributed by atoms with E-state index >= 15 is 0 Å². The SMILES string of the molecule is COC(=O)c1cnc(-c2cccc(C)c2)nc1. The molecule has 2 rings (SSSR count).